The van der Waals surface area contributed by atoms with E-state index in [1.54, 1.807) is 12.2 Å². The second kappa shape index (κ2) is 4.95. The van der Waals surface area contributed by atoms with Crippen molar-refractivity contribution < 1.29 is 19.4 Å². The summed E-state index contributed by atoms with van der Waals surface area (Å²) < 4.78 is 5.46. The van der Waals surface area contributed by atoms with Crippen LogP contribution in [-0.4, -0.2) is 39.4 Å². The molecule has 0 aliphatic carbocycles. The van der Waals surface area contributed by atoms with E-state index in [-0.39, 0.29) is 5.91 Å². The first-order valence-electron chi connectivity index (χ1n) is 6.30. The molecule has 2 aliphatic heterocycles. The number of nitrogens with one attached hydrogen (secondary N) is 1. The Morgan fingerprint density at radius 1 is 1.35 bits per heavy atom. The van der Waals surface area contributed by atoms with Gasteiger partial charge in [-0.15, -0.1) is 10.2 Å². The van der Waals surface area contributed by atoms with Crippen LogP contribution in [0.2, 0.25) is 0 Å². The minimum atomic E-state index is -1.02. The summed E-state index contributed by atoms with van der Waals surface area (Å²) >= 11 is 1.29. The van der Waals surface area contributed by atoms with Crippen LogP contribution in [0.5, 0.6) is 0 Å². The van der Waals surface area contributed by atoms with Crippen molar-refractivity contribution in [3.63, 3.8) is 0 Å². The number of carbonyl (C=O) groups excluding carboxylic acids is 1. The largest absolute Gasteiger partial charge is 0.481 e. The fourth-order valence-electron chi connectivity index (χ4n) is 2.55. The van der Waals surface area contributed by atoms with Crippen molar-refractivity contribution in [2.24, 2.45) is 11.8 Å². The Labute approximate surface area is 118 Å². The van der Waals surface area contributed by atoms with Gasteiger partial charge in [-0.05, 0) is 6.42 Å². The molecule has 4 atom stereocenters. The van der Waals surface area contributed by atoms with Crippen LogP contribution in [0.3, 0.4) is 0 Å². The summed E-state index contributed by atoms with van der Waals surface area (Å²) in [7, 11) is 0. The van der Waals surface area contributed by atoms with Crippen molar-refractivity contribution in [3.8, 4) is 0 Å². The lowest BCUT2D eigenvalue weighted by Gasteiger charge is -2.20. The van der Waals surface area contributed by atoms with Crippen LogP contribution < -0.4 is 5.32 Å². The van der Waals surface area contributed by atoms with E-state index < -0.39 is 30.0 Å². The number of carboxylic acids is 1. The molecule has 20 heavy (non-hydrogen) atoms. The summed E-state index contributed by atoms with van der Waals surface area (Å²) in [6.45, 7) is 1.95. The maximum Gasteiger partial charge on any atom is 0.310 e. The number of rotatable bonds is 4. The summed E-state index contributed by atoms with van der Waals surface area (Å²) in [6.07, 6.45) is 3.19. The van der Waals surface area contributed by atoms with Gasteiger partial charge in [-0.2, -0.15) is 0 Å². The van der Waals surface area contributed by atoms with Gasteiger partial charge in [-0.25, -0.2) is 0 Å². The van der Waals surface area contributed by atoms with E-state index in [1.807, 2.05) is 6.92 Å². The van der Waals surface area contributed by atoms with Gasteiger partial charge in [-0.1, -0.05) is 30.4 Å². The molecular formula is C12H13N3O4S. The predicted molar refractivity (Wildman–Crippen MR) is 70.3 cm³/mol. The van der Waals surface area contributed by atoms with Crippen molar-refractivity contribution in [2.45, 2.75) is 25.6 Å². The maximum atomic E-state index is 12.3. The predicted octanol–water partition coefficient (Wildman–Crippen LogP) is 0.693. The first-order chi connectivity index (χ1) is 9.60. The third-order valence-electron chi connectivity index (χ3n) is 3.49. The summed E-state index contributed by atoms with van der Waals surface area (Å²) in [5, 5.41) is 20.9. The first-order valence-corrected chi connectivity index (χ1v) is 7.11. The molecule has 106 valence electrons. The highest BCUT2D eigenvalue weighted by molar-refractivity contribution is 7.15. The van der Waals surface area contributed by atoms with Crippen LogP contribution in [0.25, 0.3) is 0 Å². The number of carboxylic acid groups (broad SMARTS) is 1. The van der Waals surface area contributed by atoms with Crippen LogP contribution >= 0.6 is 11.3 Å². The zero-order valence-electron chi connectivity index (χ0n) is 10.6. The number of ether oxygens (including phenoxy) is 1. The van der Waals surface area contributed by atoms with Crippen molar-refractivity contribution in [2.75, 3.05) is 5.32 Å². The highest BCUT2D eigenvalue weighted by Crippen LogP contribution is 2.39. The molecule has 3 rings (SSSR count). The smallest absolute Gasteiger partial charge is 0.310 e. The Hall–Kier alpha value is -1.80. The number of hydrogen-bond donors (Lipinski definition) is 2. The molecule has 2 aliphatic rings. The summed E-state index contributed by atoms with van der Waals surface area (Å²) in [6, 6.07) is 0. The molecule has 3 heterocycles. The van der Waals surface area contributed by atoms with Gasteiger partial charge >= 0.3 is 5.97 Å². The minimum absolute atomic E-state index is 0.381. The average Bonchev–Trinajstić information content (AvgIpc) is 3.12. The Morgan fingerprint density at radius 2 is 2.05 bits per heavy atom. The second-order valence-corrected chi connectivity index (χ2v) is 5.75. The Morgan fingerprint density at radius 3 is 2.65 bits per heavy atom. The first kappa shape index (κ1) is 13.2. The van der Waals surface area contributed by atoms with Crippen molar-refractivity contribution in [1.29, 1.82) is 0 Å². The van der Waals surface area contributed by atoms with E-state index >= 15 is 0 Å². The number of nitrogens with zero attached hydrogens (tertiary/aromatic N) is 2. The van der Waals surface area contributed by atoms with E-state index in [1.165, 1.54) is 11.3 Å². The number of anilines is 1. The van der Waals surface area contributed by atoms with Crippen LogP contribution in [0.1, 0.15) is 11.9 Å². The molecule has 0 unspecified atom stereocenters. The average molecular weight is 295 g/mol. The lowest BCUT2D eigenvalue weighted by atomic mass is 9.82. The van der Waals surface area contributed by atoms with Crippen LogP contribution in [-0.2, 0) is 20.7 Å². The normalized spacial score (nSPS) is 30.6. The van der Waals surface area contributed by atoms with Gasteiger partial charge < -0.3 is 15.2 Å². The molecule has 0 saturated carbocycles. The number of aliphatic carboxylic acids is 1. The third-order valence-corrected chi connectivity index (χ3v) is 4.47. The molecule has 2 N–H and O–H groups in total. The number of amides is 1. The Kier molecular flexibility index (Phi) is 3.27. The van der Waals surface area contributed by atoms with Gasteiger partial charge in [0, 0.05) is 0 Å². The fourth-order valence-corrected chi connectivity index (χ4v) is 3.23. The standard InChI is InChI=1S/C12H13N3O4S/c1-2-7-14-15-12(20-7)13-10(16)8-5-3-4-6(19-5)9(8)11(17)18/h3-6,8-9H,2H2,1H3,(H,17,18)(H,13,15,16)/t5-,6+,8+,9+/m1/s1. The molecule has 0 radical (unpaired) electrons. The molecule has 7 nitrogen and oxygen atoms in total. The van der Waals surface area contributed by atoms with E-state index in [4.69, 9.17) is 4.74 Å². The lowest BCUT2D eigenvalue weighted by Crippen LogP contribution is -2.39. The van der Waals surface area contributed by atoms with Gasteiger partial charge in [0.15, 0.2) is 0 Å². The highest BCUT2D eigenvalue weighted by atomic mass is 32.1. The molecule has 8 heteroatoms. The van der Waals surface area contributed by atoms with Crippen molar-refractivity contribution >= 4 is 28.3 Å². The highest BCUT2D eigenvalue weighted by Gasteiger charge is 2.53. The zero-order chi connectivity index (χ0) is 14.3. The number of aryl methyl sites for hydroxylation is 1. The molecule has 0 spiro atoms. The number of hydrogen-bond acceptors (Lipinski definition) is 6. The summed E-state index contributed by atoms with van der Waals surface area (Å²) in [5.41, 5.74) is 0. The third kappa shape index (κ3) is 2.10. The monoisotopic (exact) mass is 295 g/mol. The van der Waals surface area contributed by atoms with Crippen LogP contribution in [0, 0.1) is 11.8 Å². The molecule has 0 aromatic carbocycles. The van der Waals surface area contributed by atoms with E-state index in [0.717, 1.165) is 11.4 Å². The lowest BCUT2D eigenvalue weighted by molar-refractivity contribution is -0.145. The van der Waals surface area contributed by atoms with Gasteiger partial charge in [0.2, 0.25) is 11.0 Å². The van der Waals surface area contributed by atoms with Crippen molar-refractivity contribution in [1.82, 2.24) is 10.2 Å². The van der Waals surface area contributed by atoms with E-state index in [0.29, 0.717) is 5.13 Å². The number of carbonyl (C=O) groups is 2. The molecule has 1 fully saturated rings. The van der Waals surface area contributed by atoms with Gasteiger partial charge in [-0.3, -0.25) is 9.59 Å². The van der Waals surface area contributed by atoms with Crippen molar-refractivity contribution in [3.05, 3.63) is 17.2 Å². The quantitative estimate of drug-likeness (QED) is 0.793. The minimum Gasteiger partial charge on any atom is -0.481 e. The van der Waals surface area contributed by atoms with Crippen LogP contribution in [0.4, 0.5) is 5.13 Å². The molecule has 1 aromatic heterocycles. The van der Waals surface area contributed by atoms with Gasteiger partial charge in [0.05, 0.1) is 18.1 Å². The Balaban J connectivity index is 1.76. The molecular weight excluding hydrogens is 282 g/mol. The zero-order valence-corrected chi connectivity index (χ0v) is 11.5. The number of fused-ring (bicyclic) bond motifs is 2. The van der Waals surface area contributed by atoms with Gasteiger partial charge in [0.1, 0.15) is 10.9 Å². The molecule has 1 amide bonds. The second-order valence-electron chi connectivity index (χ2n) is 4.68. The summed E-state index contributed by atoms with van der Waals surface area (Å²) in [5.74, 6) is -2.97. The SMILES string of the molecule is CCc1nnc(NC(=O)[C@@H]2[C@@H](C(=O)O)[C@@H]3C=C[C@H]2O3)s1. The molecule has 2 bridgehead atoms. The summed E-state index contributed by atoms with van der Waals surface area (Å²) in [4.78, 5) is 23.6. The van der Waals surface area contributed by atoms with Gasteiger partial charge in [0.25, 0.3) is 0 Å². The van der Waals surface area contributed by atoms with Crippen LogP contribution in [0.15, 0.2) is 12.2 Å². The van der Waals surface area contributed by atoms with E-state index in [9.17, 15) is 14.7 Å². The van der Waals surface area contributed by atoms with E-state index in [2.05, 4.69) is 15.5 Å². The maximum absolute atomic E-state index is 12.3. The topological polar surface area (TPSA) is 101 Å². The molecule has 1 aromatic rings. The Bertz CT molecular complexity index is 585. The molecule has 1 saturated heterocycles. The number of aromatic nitrogens is 2. The fraction of sp³-hybridized carbons (Fsp3) is 0.500.